The number of benzene rings is 1. The molecule has 0 spiro atoms. The minimum atomic E-state index is 0.628. The number of hydrogen-bond donors (Lipinski definition) is 1. The first-order chi connectivity index (χ1) is 10.3. The Labute approximate surface area is 123 Å². The standard InChI is InChI=1S/C17H15N3O/c1-13-5-4-12-19-17(13)21-15-9-7-14(8-10-15)20-16-6-2-3-11-18-16/h2-12H,1H3,(H,18,20). The Morgan fingerprint density at radius 2 is 1.67 bits per heavy atom. The fraction of sp³-hybridized carbons (Fsp3) is 0.0588. The molecule has 3 aromatic rings. The van der Waals surface area contributed by atoms with Crippen LogP contribution in [0.15, 0.2) is 67.0 Å². The van der Waals surface area contributed by atoms with Crippen molar-refractivity contribution in [3.05, 3.63) is 72.6 Å². The first kappa shape index (κ1) is 13.1. The molecule has 0 aliphatic heterocycles. The second-order valence-electron chi connectivity index (χ2n) is 4.59. The minimum Gasteiger partial charge on any atom is -0.439 e. The molecule has 0 aliphatic carbocycles. The molecular formula is C17H15N3O. The molecule has 2 heterocycles. The molecule has 0 radical (unpaired) electrons. The van der Waals surface area contributed by atoms with Crippen LogP contribution in [0.5, 0.6) is 11.6 Å². The van der Waals surface area contributed by atoms with E-state index in [1.807, 2.05) is 61.5 Å². The summed E-state index contributed by atoms with van der Waals surface area (Å²) in [5.41, 5.74) is 1.96. The predicted molar refractivity (Wildman–Crippen MR) is 83.0 cm³/mol. The van der Waals surface area contributed by atoms with Crippen molar-refractivity contribution in [3.8, 4) is 11.6 Å². The molecule has 1 aromatic carbocycles. The van der Waals surface area contributed by atoms with Crippen molar-refractivity contribution in [3.63, 3.8) is 0 Å². The molecule has 0 atom stereocenters. The number of anilines is 2. The molecule has 1 N–H and O–H groups in total. The summed E-state index contributed by atoms with van der Waals surface area (Å²) >= 11 is 0. The first-order valence-electron chi connectivity index (χ1n) is 6.69. The Bertz CT molecular complexity index is 712. The van der Waals surface area contributed by atoms with Crippen LogP contribution in [0.1, 0.15) is 5.56 Å². The highest BCUT2D eigenvalue weighted by Gasteiger charge is 2.02. The summed E-state index contributed by atoms with van der Waals surface area (Å²) in [7, 11) is 0. The van der Waals surface area contributed by atoms with Crippen molar-refractivity contribution in [2.24, 2.45) is 0 Å². The van der Waals surface area contributed by atoms with E-state index in [1.54, 1.807) is 12.4 Å². The summed E-state index contributed by atoms with van der Waals surface area (Å²) in [6.07, 6.45) is 3.48. The number of nitrogens with one attached hydrogen (secondary N) is 1. The van der Waals surface area contributed by atoms with Crippen molar-refractivity contribution >= 4 is 11.5 Å². The van der Waals surface area contributed by atoms with Gasteiger partial charge in [-0.1, -0.05) is 12.1 Å². The minimum absolute atomic E-state index is 0.628. The monoisotopic (exact) mass is 277 g/mol. The van der Waals surface area contributed by atoms with Gasteiger partial charge in [0.25, 0.3) is 0 Å². The van der Waals surface area contributed by atoms with Gasteiger partial charge in [-0.05, 0) is 49.4 Å². The van der Waals surface area contributed by atoms with E-state index in [0.717, 1.165) is 22.8 Å². The summed E-state index contributed by atoms with van der Waals surface area (Å²) in [5.74, 6) is 2.19. The molecule has 3 rings (SSSR count). The van der Waals surface area contributed by atoms with E-state index in [4.69, 9.17) is 4.74 Å². The average molecular weight is 277 g/mol. The molecule has 0 fully saturated rings. The van der Waals surface area contributed by atoms with Gasteiger partial charge in [-0.3, -0.25) is 0 Å². The van der Waals surface area contributed by atoms with Gasteiger partial charge >= 0.3 is 0 Å². The van der Waals surface area contributed by atoms with E-state index in [2.05, 4.69) is 15.3 Å². The van der Waals surface area contributed by atoms with Crippen LogP contribution in [0, 0.1) is 6.92 Å². The van der Waals surface area contributed by atoms with Gasteiger partial charge in [0, 0.05) is 23.6 Å². The molecule has 0 bridgehead atoms. The summed E-state index contributed by atoms with van der Waals surface area (Å²) < 4.78 is 5.76. The second-order valence-corrected chi connectivity index (χ2v) is 4.59. The van der Waals surface area contributed by atoms with Crippen molar-refractivity contribution in [1.82, 2.24) is 9.97 Å². The molecule has 2 aromatic heterocycles. The van der Waals surface area contributed by atoms with Crippen LogP contribution in [0.4, 0.5) is 11.5 Å². The van der Waals surface area contributed by atoms with E-state index < -0.39 is 0 Å². The third-order valence-corrected chi connectivity index (χ3v) is 2.97. The van der Waals surface area contributed by atoms with E-state index >= 15 is 0 Å². The maximum Gasteiger partial charge on any atom is 0.222 e. The van der Waals surface area contributed by atoms with Crippen LogP contribution in [-0.4, -0.2) is 9.97 Å². The van der Waals surface area contributed by atoms with E-state index in [-0.39, 0.29) is 0 Å². The Morgan fingerprint density at radius 3 is 2.38 bits per heavy atom. The number of pyridine rings is 2. The van der Waals surface area contributed by atoms with Crippen molar-refractivity contribution < 1.29 is 4.74 Å². The number of rotatable bonds is 4. The smallest absolute Gasteiger partial charge is 0.222 e. The van der Waals surface area contributed by atoms with Gasteiger partial charge in [-0.15, -0.1) is 0 Å². The lowest BCUT2D eigenvalue weighted by Gasteiger charge is -2.09. The Balaban J connectivity index is 1.71. The third kappa shape index (κ3) is 3.36. The molecule has 0 unspecified atom stereocenters. The topological polar surface area (TPSA) is 47.0 Å². The molecule has 21 heavy (non-hydrogen) atoms. The highest BCUT2D eigenvalue weighted by molar-refractivity contribution is 5.57. The van der Waals surface area contributed by atoms with Crippen LogP contribution in [0.3, 0.4) is 0 Å². The Morgan fingerprint density at radius 1 is 0.857 bits per heavy atom. The fourth-order valence-electron chi connectivity index (χ4n) is 1.88. The molecule has 0 saturated carbocycles. The lowest BCUT2D eigenvalue weighted by atomic mass is 10.3. The Kier molecular flexibility index (Phi) is 3.78. The van der Waals surface area contributed by atoms with Crippen LogP contribution >= 0.6 is 0 Å². The third-order valence-electron chi connectivity index (χ3n) is 2.97. The van der Waals surface area contributed by atoms with Gasteiger partial charge in [-0.25, -0.2) is 9.97 Å². The van der Waals surface area contributed by atoms with E-state index in [9.17, 15) is 0 Å². The van der Waals surface area contributed by atoms with Crippen molar-refractivity contribution in [1.29, 1.82) is 0 Å². The van der Waals surface area contributed by atoms with Crippen molar-refractivity contribution in [2.45, 2.75) is 6.92 Å². The van der Waals surface area contributed by atoms with Crippen LogP contribution in [0.25, 0.3) is 0 Å². The van der Waals surface area contributed by atoms with Crippen LogP contribution in [0.2, 0.25) is 0 Å². The van der Waals surface area contributed by atoms with Gasteiger partial charge in [-0.2, -0.15) is 0 Å². The molecule has 4 heteroatoms. The van der Waals surface area contributed by atoms with Crippen LogP contribution in [-0.2, 0) is 0 Å². The lowest BCUT2D eigenvalue weighted by molar-refractivity contribution is 0.459. The van der Waals surface area contributed by atoms with Gasteiger partial charge in [0.15, 0.2) is 0 Å². The zero-order valence-corrected chi connectivity index (χ0v) is 11.7. The van der Waals surface area contributed by atoms with E-state index in [1.165, 1.54) is 0 Å². The maximum atomic E-state index is 5.76. The number of aromatic nitrogens is 2. The SMILES string of the molecule is Cc1cccnc1Oc1ccc(Nc2ccccn2)cc1. The molecule has 0 amide bonds. The van der Waals surface area contributed by atoms with Gasteiger partial charge < -0.3 is 10.1 Å². The number of nitrogens with zero attached hydrogens (tertiary/aromatic N) is 2. The van der Waals surface area contributed by atoms with Gasteiger partial charge in [0.1, 0.15) is 11.6 Å². The zero-order chi connectivity index (χ0) is 14.5. The molecule has 4 nitrogen and oxygen atoms in total. The second kappa shape index (κ2) is 6.05. The van der Waals surface area contributed by atoms with Gasteiger partial charge in [0.2, 0.25) is 5.88 Å². The number of hydrogen-bond acceptors (Lipinski definition) is 4. The lowest BCUT2D eigenvalue weighted by Crippen LogP contribution is -1.93. The Hall–Kier alpha value is -2.88. The quantitative estimate of drug-likeness (QED) is 0.771. The summed E-state index contributed by atoms with van der Waals surface area (Å²) in [6, 6.07) is 17.3. The number of ether oxygens (including phenoxy) is 1. The highest BCUT2D eigenvalue weighted by Crippen LogP contribution is 2.24. The largest absolute Gasteiger partial charge is 0.439 e. The highest BCUT2D eigenvalue weighted by atomic mass is 16.5. The van der Waals surface area contributed by atoms with Crippen LogP contribution < -0.4 is 10.1 Å². The fourth-order valence-corrected chi connectivity index (χ4v) is 1.88. The summed E-state index contributed by atoms with van der Waals surface area (Å²) in [6.45, 7) is 1.97. The number of aryl methyl sites for hydroxylation is 1. The average Bonchev–Trinajstić information content (AvgIpc) is 2.52. The zero-order valence-electron chi connectivity index (χ0n) is 11.7. The first-order valence-corrected chi connectivity index (χ1v) is 6.69. The van der Waals surface area contributed by atoms with E-state index in [0.29, 0.717) is 5.88 Å². The summed E-state index contributed by atoms with van der Waals surface area (Å²) in [5, 5.41) is 3.22. The van der Waals surface area contributed by atoms with Gasteiger partial charge in [0.05, 0.1) is 0 Å². The molecule has 104 valence electrons. The molecule has 0 saturated heterocycles. The predicted octanol–water partition coefficient (Wildman–Crippen LogP) is 4.32. The van der Waals surface area contributed by atoms with Crippen molar-refractivity contribution in [2.75, 3.05) is 5.32 Å². The summed E-state index contributed by atoms with van der Waals surface area (Å²) in [4.78, 5) is 8.44. The molecule has 0 aliphatic rings. The normalized spacial score (nSPS) is 10.1. The molecular weight excluding hydrogens is 262 g/mol. The maximum absolute atomic E-state index is 5.76.